The third kappa shape index (κ3) is 2.45. The molecule has 0 heterocycles. The van der Waals surface area contributed by atoms with Crippen LogP contribution in [0.25, 0.3) is 0 Å². The summed E-state index contributed by atoms with van der Waals surface area (Å²) in [5.41, 5.74) is -0.373. The molecule has 0 aromatic rings. The Labute approximate surface area is 64.2 Å². The smallest absolute Gasteiger partial charge is 0.134 e. The van der Waals surface area contributed by atoms with Crippen molar-refractivity contribution >= 4 is 6.21 Å². The number of hydrogen-bond donors (Lipinski definition) is 1. The molecule has 0 rings (SSSR count). The zero-order chi connectivity index (χ0) is 8.85. The van der Waals surface area contributed by atoms with Crippen molar-refractivity contribution in [2.24, 2.45) is 0 Å². The first-order valence-corrected chi connectivity index (χ1v) is 3.02. The van der Waals surface area contributed by atoms with Gasteiger partial charge in [0.15, 0.2) is 0 Å². The minimum atomic E-state index is -0.824. The lowest BCUT2D eigenvalue weighted by Crippen LogP contribution is -1.87. The van der Waals surface area contributed by atoms with E-state index in [1.54, 1.807) is 0 Å². The summed E-state index contributed by atoms with van der Waals surface area (Å²) < 4.78 is 25.2. The fraction of sp³-hybridized carbons (Fsp3) is 0.125. The molecule has 0 spiro atoms. The molecule has 0 atom stereocenters. The summed E-state index contributed by atoms with van der Waals surface area (Å²) >= 11 is 0. The molecule has 11 heavy (non-hydrogen) atoms. The Bertz CT molecular complexity index is 226. The third-order valence-electron chi connectivity index (χ3n) is 1.09. The van der Waals surface area contributed by atoms with Crippen LogP contribution >= 0.6 is 0 Å². The third-order valence-corrected chi connectivity index (χ3v) is 1.09. The van der Waals surface area contributed by atoms with Crippen molar-refractivity contribution in [3.8, 4) is 0 Å². The highest BCUT2D eigenvalue weighted by Gasteiger charge is 2.04. The number of halogens is 2. The number of rotatable bonds is 3. The lowest BCUT2D eigenvalue weighted by Gasteiger charge is -1.95. The largest absolute Gasteiger partial charge is 0.308 e. The van der Waals surface area contributed by atoms with Crippen molar-refractivity contribution < 1.29 is 8.78 Å². The molecule has 0 radical (unpaired) electrons. The van der Waals surface area contributed by atoms with Gasteiger partial charge in [0.05, 0.1) is 5.57 Å². The van der Waals surface area contributed by atoms with E-state index in [1.807, 2.05) is 0 Å². The summed E-state index contributed by atoms with van der Waals surface area (Å²) in [7, 11) is 0. The summed E-state index contributed by atoms with van der Waals surface area (Å²) in [6, 6.07) is 0. The van der Waals surface area contributed by atoms with Crippen molar-refractivity contribution in [1.82, 2.24) is 0 Å². The van der Waals surface area contributed by atoms with Gasteiger partial charge >= 0.3 is 0 Å². The number of nitrogens with one attached hydrogen (secondary N) is 1. The van der Waals surface area contributed by atoms with Gasteiger partial charge in [0.25, 0.3) is 0 Å². The van der Waals surface area contributed by atoms with Crippen LogP contribution in [0.2, 0.25) is 0 Å². The Kier molecular flexibility index (Phi) is 4.03. The first kappa shape index (κ1) is 9.75. The van der Waals surface area contributed by atoms with Crippen molar-refractivity contribution in [1.29, 1.82) is 5.41 Å². The van der Waals surface area contributed by atoms with Crippen molar-refractivity contribution in [2.75, 3.05) is 0 Å². The van der Waals surface area contributed by atoms with Crippen molar-refractivity contribution in [3.63, 3.8) is 0 Å². The van der Waals surface area contributed by atoms with E-state index in [4.69, 9.17) is 5.41 Å². The Morgan fingerprint density at radius 3 is 2.27 bits per heavy atom. The van der Waals surface area contributed by atoms with E-state index in [0.29, 0.717) is 6.21 Å². The minimum absolute atomic E-state index is 0.373. The zero-order valence-corrected chi connectivity index (χ0v) is 6.20. The van der Waals surface area contributed by atoms with E-state index in [1.165, 1.54) is 6.92 Å². The highest BCUT2D eigenvalue weighted by molar-refractivity contribution is 5.82. The Morgan fingerprint density at radius 1 is 1.45 bits per heavy atom. The van der Waals surface area contributed by atoms with Crippen molar-refractivity contribution in [2.45, 2.75) is 6.92 Å². The average Bonchev–Trinajstić information content (AvgIpc) is 2.05. The van der Waals surface area contributed by atoms with Gasteiger partial charge in [-0.25, -0.2) is 8.78 Å². The topological polar surface area (TPSA) is 23.9 Å². The fourth-order valence-electron chi connectivity index (χ4n) is 0.517. The van der Waals surface area contributed by atoms with Crippen LogP contribution < -0.4 is 0 Å². The molecule has 0 aliphatic heterocycles. The summed E-state index contributed by atoms with van der Waals surface area (Å²) in [6.07, 6.45) is 2.57. The summed E-state index contributed by atoms with van der Waals surface area (Å²) in [5.74, 6) is -1.58. The normalized spacial score (nSPS) is 13.9. The van der Waals surface area contributed by atoms with E-state index in [9.17, 15) is 8.78 Å². The molecule has 0 amide bonds. The second-order valence-corrected chi connectivity index (χ2v) is 1.75. The predicted molar refractivity (Wildman–Crippen MR) is 42.0 cm³/mol. The summed E-state index contributed by atoms with van der Waals surface area (Å²) in [5, 5.41) is 6.68. The van der Waals surface area contributed by atoms with Crippen LogP contribution in [0.15, 0.2) is 36.0 Å². The van der Waals surface area contributed by atoms with Crippen LogP contribution in [0.4, 0.5) is 8.78 Å². The van der Waals surface area contributed by atoms with Crippen LogP contribution in [-0.4, -0.2) is 6.21 Å². The lowest BCUT2D eigenvalue weighted by molar-refractivity contribution is 0.621. The van der Waals surface area contributed by atoms with Gasteiger partial charge in [-0.3, -0.25) is 0 Å². The first-order chi connectivity index (χ1) is 5.17. The SMILES string of the molecule is C=C/C(F)=C(C=N)\C(F)=C/C. The number of allylic oxidation sites excluding steroid dienone is 5. The molecule has 0 aromatic heterocycles. The van der Waals surface area contributed by atoms with Gasteiger partial charge in [0.2, 0.25) is 0 Å². The molecule has 0 unspecified atom stereocenters. The average molecular weight is 157 g/mol. The molecule has 1 N–H and O–H groups in total. The fourth-order valence-corrected chi connectivity index (χ4v) is 0.517. The molecule has 0 saturated heterocycles. The maximum Gasteiger partial charge on any atom is 0.134 e. The molecule has 60 valence electrons. The maximum atomic E-state index is 12.6. The minimum Gasteiger partial charge on any atom is -0.308 e. The maximum absolute atomic E-state index is 12.6. The van der Waals surface area contributed by atoms with Gasteiger partial charge in [-0.2, -0.15) is 0 Å². The summed E-state index contributed by atoms with van der Waals surface area (Å²) in [4.78, 5) is 0. The lowest BCUT2D eigenvalue weighted by atomic mass is 10.2. The number of hydrogen-bond acceptors (Lipinski definition) is 1. The summed E-state index contributed by atoms with van der Waals surface area (Å²) in [6.45, 7) is 4.54. The highest BCUT2D eigenvalue weighted by atomic mass is 19.1. The van der Waals surface area contributed by atoms with E-state index in [2.05, 4.69) is 6.58 Å². The van der Waals surface area contributed by atoms with Gasteiger partial charge in [-0.1, -0.05) is 12.7 Å². The van der Waals surface area contributed by atoms with E-state index in [-0.39, 0.29) is 5.57 Å². The van der Waals surface area contributed by atoms with Crippen LogP contribution in [0.3, 0.4) is 0 Å². The predicted octanol–water partition coefficient (Wildman–Crippen LogP) is 2.92. The van der Waals surface area contributed by atoms with E-state index >= 15 is 0 Å². The monoisotopic (exact) mass is 157 g/mol. The molecule has 0 aliphatic rings. The van der Waals surface area contributed by atoms with Gasteiger partial charge < -0.3 is 5.41 Å². The van der Waals surface area contributed by atoms with Gasteiger partial charge in [-0.15, -0.1) is 0 Å². The highest BCUT2D eigenvalue weighted by Crippen LogP contribution is 2.15. The molecular weight excluding hydrogens is 148 g/mol. The van der Waals surface area contributed by atoms with Gasteiger partial charge in [-0.05, 0) is 13.0 Å². The van der Waals surface area contributed by atoms with E-state index in [0.717, 1.165) is 12.2 Å². The molecule has 1 nitrogen and oxygen atoms in total. The second-order valence-electron chi connectivity index (χ2n) is 1.75. The standard InChI is InChI=1S/C8H9F2N/c1-3-7(9)6(5-11)8(10)4-2/h3-5,11H,1H2,2H3/b7-6+,8-4+,11-5?. The van der Waals surface area contributed by atoms with E-state index < -0.39 is 11.7 Å². The molecule has 0 fully saturated rings. The molecule has 0 aliphatic carbocycles. The molecule has 0 saturated carbocycles. The quantitative estimate of drug-likeness (QED) is 0.481. The zero-order valence-electron chi connectivity index (χ0n) is 6.20. The molecule has 3 heteroatoms. The van der Waals surface area contributed by atoms with Crippen molar-refractivity contribution in [3.05, 3.63) is 36.0 Å². The van der Waals surface area contributed by atoms with Gasteiger partial charge in [0.1, 0.15) is 11.7 Å². The first-order valence-electron chi connectivity index (χ1n) is 3.02. The Morgan fingerprint density at radius 2 is 2.00 bits per heavy atom. The molecule has 0 bridgehead atoms. The Balaban J connectivity index is 4.95. The van der Waals surface area contributed by atoms with Crippen LogP contribution in [0, 0.1) is 5.41 Å². The second kappa shape index (κ2) is 4.55. The van der Waals surface area contributed by atoms with Crippen LogP contribution in [0.1, 0.15) is 6.92 Å². The molecule has 0 aromatic carbocycles. The van der Waals surface area contributed by atoms with Crippen LogP contribution in [0.5, 0.6) is 0 Å². The Hall–Kier alpha value is -1.25. The van der Waals surface area contributed by atoms with Gasteiger partial charge in [0, 0.05) is 6.21 Å². The molecular formula is C8H9F2N. The van der Waals surface area contributed by atoms with Crippen LogP contribution in [-0.2, 0) is 0 Å².